The Hall–Kier alpha value is 0.0649. The van der Waals surface area contributed by atoms with Crippen LogP contribution in [0.1, 0.15) is 40.0 Å². The summed E-state index contributed by atoms with van der Waals surface area (Å²) in [4.78, 5) is 0. The molecule has 1 aliphatic heterocycles. The van der Waals surface area contributed by atoms with Gasteiger partial charge in [0.15, 0.2) is 0 Å². The fourth-order valence-corrected chi connectivity index (χ4v) is 4.49. The molecule has 2 rings (SSSR count). The van der Waals surface area contributed by atoms with Crippen LogP contribution in [-0.4, -0.2) is 6.71 Å². The van der Waals surface area contributed by atoms with Crippen LogP contribution in [0.25, 0.3) is 0 Å². The molecule has 80 valence electrons. The molecule has 1 aliphatic carbocycles. The van der Waals surface area contributed by atoms with Gasteiger partial charge in [0.05, 0.1) is 0 Å². The molecule has 1 saturated heterocycles. The molecule has 0 N–H and O–H groups in total. The smallest absolute Gasteiger partial charge is 0.0861 e. The van der Waals surface area contributed by atoms with E-state index >= 15 is 0 Å². The highest BCUT2D eigenvalue weighted by atomic mass is 14.5. The zero-order chi connectivity index (χ0) is 10.3. The van der Waals surface area contributed by atoms with Crippen molar-refractivity contribution in [3.8, 4) is 0 Å². The molecule has 0 nitrogen and oxygen atoms in total. The van der Waals surface area contributed by atoms with E-state index in [1.54, 1.807) is 6.42 Å². The van der Waals surface area contributed by atoms with Gasteiger partial charge in [-0.25, -0.2) is 0 Å². The van der Waals surface area contributed by atoms with Crippen molar-refractivity contribution < 1.29 is 0 Å². The average Bonchev–Trinajstić information content (AvgIpc) is 2.00. The second-order valence-corrected chi connectivity index (χ2v) is 6.68. The van der Waals surface area contributed by atoms with E-state index in [1.165, 1.54) is 25.5 Å². The van der Waals surface area contributed by atoms with Crippen LogP contribution in [0.15, 0.2) is 0 Å². The van der Waals surface area contributed by atoms with E-state index in [4.69, 9.17) is 0 Å². The number of fused-ring (bicyclic) bond motifs is 2. The Bertz CT molecular complexity index is 190. The van der Waals surface area contributed by atoms with Gasteiger partial charge in [0.2, 0.25) is 0 Å². The Labute approximate surface area is 89.9 Å². The van der Waals surface area contributed by atoms with E-state index in [-0.39, 0.29) is 0 Å². The fraction of sp³-hybridized carbons (Fsp3) is 1.00. The Morgan fingerprint density at radius 2 is 2.00 bits per heavy atom. The summed E-state index contributed by atoms with van der Waals surface area (Å²) in [5, 5.41) is 0. The lowest BCUT2D eigenvalue weighted by Gasteiger charge is -2.52. The molecule has 0 aromatic rings. The van der Waals surface area contributed by atoms with Gasteiger partial charge in [0.1, 0.15) is 6.71 Å². The SMILES string of the molecule is CB1CC2CC(C)CC(C(C)C)(C1)C2. The Morgan fingerprint density at radius 1 is 1.29 bits per heavy atom. The van der Waals surface area contributed by atoms with Crippen molar-refractivity contribution in [3.63, 3.8) is 0 Å². The fourth-order valence-electron chi connectivity index (χ4n) is 4.49. The number of hydrogen-bond acceptors (Lipinski definition) is 0. The Balaban J connectivity index is 2.19. The van der Waals surface area contributed by atoms with Crippen molar-refractivity contribution in [1.29, 1.82) is 0 Å². The van der Waals surface area contributed by atoms with Crippen LogP contribution in [-0.2, 0) is 0 Å². The van der Waals surface area contributed by atoms with Crippen molar-refractivity contribution in [2.75, 3.05) is 0 Å². The predicted octanol–water partition coefficient (Wildman–Crippen LogP) is 4.20. The second-order valence-electron chi connectivity index (χ2n) is 6.68. The molecular formula is C13H25B. The van der Waals surface area contributed by atoms with Crippen LogP contribution in [0, 0.1) is 23.2 Å². The summed E-state index contributed by atoms with van der Waals surface area (Å²) in [5.41, 5.74) is 0.722. The third-order valence-corrected chi connectivity index (χ3v) is 4.90. The summed E-state index contributed by atoms with van der Waals surface area (Å²) < 4.78 is 0. The molecule has 14 heavy (non-hydrogen) atoms. The average molecular weight is 192 g/mol. The third kappa shape index (κ3) is 1.75. The molecule has 1 saturated carbocycles. The molecule has 1 heteroatoms. The minimum absolute atomic E-state index is 0.722. The van der Waals surface area contributed by atoms with Gasteiger partial charge in [-0.3, -0.25) is 0 Å². The van der Waals surface area contributed by atoms with Crippen LogP contribution < -0.4 is 0 Å². The first-order chi connectivity index (χ1) is 6.52. The first kappa shape index (κ1) is 10.6. The van der Waals surface area contributed by atoms with Crippen molar-refractivity contribution in [3.05, 3.63) is 0 Å². The summed E-state index contributed by atoms with van der Waals surface area (Å²) >= 11 is 0. The molecule has 0 aromatic carbocycles. The highest BCUT2D eigenvalue weighted by Crippen LogP contribution is 2.55. The monoisotopic (exact) mass is 192 g/mol. The van der Waals surface area contributed by atoms with Gasteiger partial charge < -0.3 is 0 Å². The summed E-state index contributed by atoms with van der Waals surface area (Å²) in [6, 6.07) is 0. The van der Waals surface area contributed by atoms with Gasteiger partial charge in [0.25, 0.3) is 0 Å². The van der Waals surface area contributed by atoms with Crippen molar-refractivity contribution in [1.82, 2.24) is 0 Å². The van der Waals surface area contributed by atoms with Crippen LogP contribution >= 0.6 is 0 Å². The minimum Gasteiger partial charge on any atom is -0.0861 e. The summed E-state index contributed by atoms with van der Waals surface area (Å²) in [5.74, 6) is 2.95. The third-order valence-electron chi connectivity index (χ3n) is 4.90. The Morgan fingerprint density at radius 3 is 2.64 bits per heavy atom. The molecule has 1 heterocycles. The van der Waals surface area contributed by atoms with E-state index in [1.807, 2.05) is 0 Å². The van der Waals surface area contributed by atoms with E-state index in [2.05, 4.69) is 27.6 Å². The van der Waals surface area contributed by atoms with Crippen molar-refractivity contribution in [2.24, 2.45) is 23.2 Å². The van der Waals surface area contributed by atoms with Gasteiger partial charge in [0, 0.05) is 0 Å². The van der Waals surface area contributed by atoms with Crippen molar-refractivity contribution in [2.45, 2.75) is 59.5 Å². The van der Waals surface area contributed by atoms with E-state index in [9.17, 15) is 0 Å². The van der Waals surface area contributed by atoms with Gasteiger partial charge in [-0.1, -0.05) is 40.2 Å². The van der Waals surface area contributed by atoms with Crippen LogP contribution in [0.4, 0.5) is 0 Å². The molecular weight excluding hydrogens is 167 g/mol. The lowest BCUT2D eigenvalue weighted by Crippen LogP contribution is -2.44. The quantitative estimate of drug-likeness (QED) is 0.546. The number of rotatable bonds is 1. The maximum Gasteiger partial charge on any atom is 0.137 e. The molecule has 2 fully saturated rings. The first-order valence-electron chi connectivity index (χ1n) is 6.52. The normalized spacial score (nSPS) is 43.1. The van der Waals surface area contributed by atoms with Crippen LogP contribution in [0.5, 0.6) is 0 Å². The molecule has 2 bridgehead atoms. The Kier molecular flexibility index (Phi) is 2.70. The highest BCUT2D eigenvalue weighted by Gasteiger charge is 2.46. The standard InChI is InChI=1S/C13H25B/c1-10(2)13-6-11(3)5-12(7-13)8-14(4)9-13/h10-12H,5-9H2,1-4H3. The van der Waals surface area contributed by atoms with Crippen molar-refractivity contribution >= 4 is 6.71 Å². The van der Waals surface area contributed by atoms with Gasteiger partial charge in [-0.15, -0.1) is 0 Å². The zero-order valence-corrected chi connectivity index (χ0v) is 10.3. The summed E-state index contributed by atoms with van der Waals surface area (Å²) in [6.07, 6.45) is 7.58. The molecule has 0 amide bonds. The maximum absolute atomic E-state index is 2.47. The summed E-state index contributed by atoms with van der Waals surface area (Å²) in [7, 11) is 0. The summed E-state index contributed by atoms with van der Waals surface area (Å²) in [6.45, 7) is 10.8. The van der Waals surface area contributed by atoms with Gasteiger partial charge >= 0.3 is 0 Å². The topological polar surface area (TPSA) is 0 Å². The minimum atomic E-state index is 0.722. The molecule has 3 unspecified atom stereocenters. The number of hydrogen-bond donors (Lipinski definition) is 0. The predicted molar refractivity (Wildman–Crippen MR) is 65.0 cm³/mol. The molecule has 0 aromatic heterocycles. The van der Waals surface area contributed by atoms with E-state index < -0.39 is 0 Å². The second kappa shape index (κ2) is 3.57. The lowest BCUT2D eigenvalue weighted by atomic mass is 9.32. The molecule has 2 aliphatic rings. The van der Waals surface area contributed by atoms with Crippen LogP contribution in [0.2, 0.25) is 19.5 Å². The lowest BCUT2D eigenvalue weighted by molar-refractivity contribution is 0.0635. The first-order valence-corrected chi connectivity index (χ1v) is 6.52. The maximum atomic E-state index is 2.47. The molecule has 3 atom stereocenters. The zero-order valence-electron chi connectivity index (χ0n) is 10.3. The van der Waals surface area contributed by atoms with Gasteiger partial charge in [-0.2, -0.15) is 0 Å². The highest BCUT2D eigenvalue weighted by molar-refractivity contribution is 6.57. The van der Waals surface area contributed by atoms with E-state index in [0.717, 1.165) is 29.9 Å². The van der Waals surface area contributed by atoms with E-state index in [0.29, 0.717) is 0 Å². The molecule has 0 spiro atoms. The van der Waals surface area contributed by atoms with Gasteiger partial charge in [-0.05, 0) is 42.4 Å². The van der Waals surface area contributed by atoms with Crippen LogP contribution in [0.3, 0.4) is 0 Å². The molecule has 0 radical (unpaired) electrons. The largest absolute Gasteiger partial charge is 0.137 e.